The summed E-state index contributed by atoms with van der Waals surface area (Å²) < 4.78 is 5.32. The Labute approximate surface area is 70.7 Å². The van der Waals surface area contributed by atoms with Gasteiger partial charge in [0.15, 0.2) is 0 Å². The molecule has 0 radical (unpaired) electrons. The summed E-state index contributed by atoms with van der Waals surface area (Å²) in [6.07, 6.45) is 1.10. The van der Waals surface area contributed by atoms with Crippen LogP contribution >= 0.6 is 11.8 Å². The van der Waals surface area contributed by atoms with Crippen LogP contribution in [0.25, 0.3) is 0 Å². The van der Waals surface area contributed by atoms with Crippen LogP contribution in [0.1, 0.15) is 13.3 Å². The summed E-state index contributed by atoms with van der Waals surface area (Å²) in [7, 11) is 0. The van der Waals surface area contributed by atoms with E-state index in [-0.39, 0.29) is 11.5 Å². The molecule has 0 saturated carbocycles. The van der Waals surface area contributed by atoms with Gasteiger partial charge in [0.2, 0.25) is 0 Å². The summed E-state index contributed by atoms with van der Waals surface area (Å²) in [6, 6.07) is 0. The molecule has 0 aromatic rings. The second-order valence-corrected chi connectivity index (χ2v) is 3.75. The predicted octanol–water partition coefficient (Wildman–Crippen LogP) is 0.206. The lowest BCUT2D eigenvalue weighted by molar-refractivity contribution is -0.129. The van der Waals surface area contributed by atoms with Crippen LogP contribution in [0, 0.1) is 0 Å². The third kappa shape index (κ3) is 2.08. The molecule has 0 aromatic carbocycles. The molecule has 66 valence electrons. The molecule has 11 heavy (non-hydrogen) atoms. The molecule has 2 unspecified atom stereocenters. The van der Waals surface area contributed by atoms with Crippen LogP contribution < -0.4 is 0 Å². The molecule has 1 aliphatic rings. The lowest BCUT2D eigenvalue weighted by Crippen LogP contribution is -2.44. The maximum atomic E-state index is 9.35. The fourth-order valence-corrected chi connectivity index (χ4v) is 1.87. The molecule has 1 saturated heterocycles. The Morgan fingerprint density at radius 2 is 2.00 bits per heavy atom. The smallest absolute Gasteiger partial charge is 0.129 e. The number of aliphatic hydroxyl groups is 2. The van der Waals surface area contributed by atoms with Crippen LogP contribution in [0.3, 0.4) is 0 Å². The summed E-state index contributed by atoms with van der Waals surface area (Å²) in [5.74, 6) is 0. The number of hydrogen-bond acceptors (Lipinski definition) is 4. The number of hydrogen-bond donors (Lipinski definition) is 2. The summed E-state index contributed by atoms with van der Waals surface area (Å²) in [5.41, 5.74) is -0.173. The highest BCUT2D eigenvalue weighted by Gasteiger charge is 2.32. The van der Waals surface area contributed by atoms with E-state index in [1.807, 2.05) is 13.2 Å². The zero-order valence-electron chi connectivity index (χ0n) is 6.73. The van der Waals surface area contributed by atoms with E-state index in [1.165, 1.54) is 11.8 Å². The topological polar surface area (TPSA) is 49.7 Å². The highest BCUT2D eigenvalue weighted by atomic mass is 32.2. The van der Waals surface area contributed by atoms with Crippen LogP contribution in [0.2, 0.25) is 0 Å². The van der Waals surface area contributed by atoms with E-state index in [1.54, 1.807) is 0 Å². The van der Waals surface area contributed by atoms with E-state index >= 15 is 0 Å². The molecule has 2 N–H and O–H groups in total. The molecule has 1 aliphatic heterocycles. The SMILES string of the molecule is CSC1O[C@@H](C)C(O)C[C@H]1O. The largest absolute Gasteiger partial charge is 0.390 e. The van der Waals surface area contributed by atoms with Crippen molar-refractivity contribution in [2.45, 2.75) is 37.1 Å². The molecule has 0 spiro atoms. The van der Waals surface area contributed by atoms with Crippen LogP contribution in [-0.2, 0) is 4.74 Å². The Morgan fingerprint density at radius 3 is 2.55 bits per heavy atom. The lowest BCUT2D eigenvalue weighted by Gasteiger charge is -2.34. The molecule has 3 nitrogen and oxygen atoms in total. The first-order chi connectivity index (χ1) is 5.15. The Hall–Kier alpha value is 0.230. The Balaban J connectivity index is 2.48. The van der Waals surface area contributed by atoms with Gasteiger partial charge in [-0.15, -0.1) is 11.8 Å². The van der Waals surface area contributed by atoms with Gasteiger partial charge in [-0.2, -0.15) is 0 Å². The molecule has 1 fully saturated rings. The van der Waals surface area contributed by atoms with Crippen LogP contribution in [0.15, 0.2) is 0 Å². The monoisotopic (exact) mass is 178 g/mol. The Morgan fingerprint density at radius 1 is 1.36 bits per heavy atom. The number of ether oxygens (including phenoxy) is 1. The minimum Gasteiger partial charge on any atom is -0.390 e. The van der Waals surface area contributed by atoms with E-state index < -0.39 is 12.2 Å². The van der Waals surface area contributed by atoms with Crippen molar-refractivity contribution in [3.63, 3.8) is 0 Å². The van der Waals surface area contributed by atoms with Gasteiger partial charge in [0, 0.05) is 6.42 Å². The Bertz CT molecular complexity index is 131. The summed E-state index contributed by atoms with van der Waals surface area (Å²) in [6.45, 7) is 1.82. The van der Waals surface area contributed by atoms with Crippen molar-refractivity contribution < 1.29 is 14.9 Å². The van der Waals surface area contributed by atoms with Crippen molar-refractivity contribution in [2.24, 2.45) is 0 Å². The van der Waals surface area contributed by atoms with E-state index in [0.29, 0.717) is 6.42 Å². The Kier molecular flexibility index (Phi) is 3.18. The molecular formula is C7H14O3S. The fourth-order valence-electron chi connectivity index (χ4n) is 1.16. The van der Waals surface area contributed by atoms with Gasteiger partial charge >= 0.3 is 0 Å². The molecule has 4 atom stereocenters. The molecule has 1 heterocycles. The van der Waals surface area contributed by atoms with Crippen molar-refractivity contribution in [3.8, 4) is 0 Å². The van der Waals surface area contributed by atoms with Gasteiger partial charge < -0.3 is 14.9 Å². The van der Waals surface area contributed by atoms with Gasteiger partial charge in [0.25, 0.3) is 0 Å². The second kappa shape index (κ2) is 3.76. The number of aliphatic hydroxyl groups excluding tert-OH is 2. The van der Waals surface area contributed by atoms with Crippen LogP contribution in [0.5, 0.6) is 0 Å². The first kappa shape index (κ1) is 9.32. The van der Waals surface area contributed by atoms with Gasteiger partial charge in [-0.3, -0.25) is 0 Å². The highest BCUT2D eigenvalue weighted by Crippen LogP contribution is 2.25. The normalized spacial score (nSPS) is 45.8. The van der Waals surface area contributed by atoms with Crippen molar-refractivity contribution in [1.82, 2.24) is 0 Å². The number of rotatable bonds is 1. The predicted molar refractivity (Wildman–Crippen MR) is 44.5 cm³/mol. The summed E-state index contributed by atoms with van der Waals surface area (Å²) >= 11 is 1.48. The first-order valence-corrected chi connectivity index (χ1v) is 4.98. The van der Waals surface area contributed by atoms with Crippen molar-refractivity contribution >= 4 is 11.8 Å². The third-order valence-corrected chi connectivity index (χ3v) is 2.81. The average Bonchev–Trinajstić information content (AvgIpc) is 1.97. The number of thioether (sulfide) groups is 1. The van der Waals surface area contributed by atoms with E-state index in [2.05, 4.69) is 0 Å². The van der Waals surface area contributed by atoms with Gasteiger partial charge in [-0.05, 0) is 13.2 Å². The van der Waals surface area contributed by atoms with E-state index in [4.69, 9.17) is 4.74 Å². The summed E-state index contributed by atoms with van der Waals surface area (Å²) in [4.78, 5) is 0. The van der Waals surface area contributed by atoms with E-state index in [0.717, 1.165) is 0 Å². The van der Waals surface area contributed by atoms with Gasteiger partial charge in [0.05, 0.1) is 18.3 Å². The van der Waals surface area contributed by atoms with Gasteiger partial charge in [-0.25, -0.2) is 0 Å². The van der Waals surface area contributed by atoms with Crippen molar-refractivity contribution in [1.29, 1.82) is 0 Å². The maximum absolute atomic E-state index is 9.35. The van der Waals surface area contributed by atoms with Crippen LogP contribution in [-0.4, -0.2) is 40.2 Å². The average molecular weight is 178 g/mol. The van der Waals surface area contributed by atoms with Gasteiger partial charge in [0.1, 0.15) is 5.44 Å². The van der Waals surface area contributed by atoms with Crippen molar-refractivity contribution in [2.75, 3.05) is 6.26 Å². The quantitative estimate of drug-likeness (QED) is 0.602. The molecule has 0 amide bonds. The molecular weight excluding hydrogens is 164 g/mol. The zero-order valence-corrected chi connectivity index (χ0v) is 7.54. The van der Waals surface area contributed by atoms with Gasteiger partial charge in [-0.1, -0.05) is 0 Å². The maximum Gasteiger partial charge on any atom is 0.129 e. The van der Waals surface area contributed by atoms with E-state index in [9.17, 15) is 10.2 Å². The highest BCUT2D eigenvalue weighted by molar-refractivity contribution is 7.99. The molecule has 1 rings (SSSR count). The first-order valence-electron chi connectivity index (χ1n) is 3.69. The minimum absolute atomic E-state index is 0.157. The van der Waals surface area contributed by atoms with Crippen molar-refractivity contribution in [3.05, 3.63) is 0 Å². The molecule has 4 heteroatoms. The lowest BCUT2D eigenvalue weighted by atomic mass is 10.1. The second-order valence-electron chi connectivity index (χ2n) is 2.82. The molecule has 0 aliphatic carbocycles. The van der Waals surface area contributed by atoms with Crippen LogP contribution in [0.4, 0.5) is 0 Å². The fraction of sp³-hybridized carbons (Fsp3) is 1.00. The molecule has 0 bridgehead atoms. The summed E-state index contributed by atoms with van der Waals surface area (Å²) in [5, 5.41) is 18.6. The standard InChI is InChI=1S/C7H14O3S/c1-4-5(8)3-6(9)7(10-4)11-2/h4-9H,3H2,1-2H3/t4-,5?,6+,7?/m0/s1. The zero-order chi connectivity index (χ0) is 8.43. The molecule has 0 aromatic heterocycles. The minimum atomic E-state index is -0.531. The third-order valence-electron chi connectivity index (χ3n) is 1.92.